The SMILES string of the molecule is CNCc1nnc(N(C)C)n1C(C)(C)C. The Bertz CT molecular complexity index is 321. The Labute approximate surface area is 91.5 Å². The van der Waals surface area contributed by atoms with Gasteiger partial charge in [-0.15, -0.1) is 10.2 Å². The number of aromatic nitrogens is 3. The number of anilines is 1. The molecule has 0 bridgehead atoms. The molecule has 1 rings (SSSR count). The van der Waals surface area contributed by atoms with Crippen molar-refractivity contribution in [3.63, 3.8) is 0 Å². The predicted octanol–water partition coefficient (Wildman–Crippen LogP) is 0.818. The van der Waals surface area contributed by atoms with Crippen LogP contribution in [0.1, 0.15) is 26.6 Å². The quantitative estimate of drug-likeness (QED) is 0.804. The Kier molecular flexibility index (Phi) is 3.34. The van der Waals surface area contributed by atoms with Crippen molar-refractivity contribution in [2.75, 3.05) is 26.0 Å². The summed E-state index contributed by atoms with van der Waals surface area (Å²) in [6.07, 6.45) is 0. The maximum absolute atomic E-state index is 4.20. The molecule has 1 N–H and O–H groups in total. The van der Waals surface area contributed by atoms with E-state index in [-0.39, 0.29) is 5.54 Å². The molecule has 5 nitrogen and oxygen atoms in total. The number of hydrogen-bond donors (Lipinski definition) is 1. The lowest BCUT2D eigenvalue weighted by molar-refractivity contribution is 0.380. The van der Waals surface area contributed by atoms with E-state index < -0.39 is 0 Å². The van der Waals surface area contributed by atoms with Gasteiger partial charge in [-0.2, -0.15) is 0 Å². The number of hydrogen-bond acceptors (Lipinski definition) is 4. The molecule has 0 aliphatic carbocycles. The fourth-order valence-electron chi connectivity index (χ4n) is 1.56. The molecule has 0 aliphatic heterocycles. The molecular formula is C10H21N5. The molecule has 0 fully saturated rings. The highest BCUT2D eigenvalue weighted by Crippen LogP contribution is 2.22. The summed E-state index contributed by atoms with van der Waals surface area (Å²) in [5.41, 5.74) is -0.00468. The van der Waals surface area contributed by atoms with E-state index in [0.717, 1.165) is 18.3 Å². The first kappa shape index (κ1) is 12.0. The summed E-state index contributed by atoms with van der Waals surface area (Å²) in [6, 6.07) is 0. The van der Waals surface area contributed by atoms with E-state index in [9.17, 15) is 0 Å². The Balaban J connectivity index is 3.21. The molecule has 86 valence electrons. The molecule has 5 heteroatoms. The molecule has 0 spiro atoms. The van der Waals surface area contributed by atoms with Gasteiger partial charge in [-0.25, -0.2) is 0 Å². The van der Waals surface area contributed by atoms with Gasteiger partial charge in [0.05, 0.1) is 6.54 Å². The third kappa shape index (κ3) is 2.47. The largest absolute Gasteiger partial charge is 0.347 e. The van der Waals surface area contributed by atoms with Crippen LogP contribution >= 0.6 is 0 Å². The van der Waals surface area contributed by atoms with Gasteiger partial charge in [-0.3, -0.25) is 4.57 Å². The van der Waals surface area contributed by atoms with Crippen LogP contribution in [0, 0.1) is 0 Å². The Morgan fingerprint density at radius 1 is 1.27 bits per heavy atom. The van der Waals surface area contributed by atoms with Crippen molar-refractivity contribution in [2.45, 2.75) is 32.9 Å². The highest BCUT2D eigenvalue weighted by molar-refractivity contribution is 5.29. The van der Waals surface area contributed by atoms with Crippen molar-refractivity contribution >= 4 is 5.95 Å². The second-order valence-corrected chi connectivity index (χ2v) is 4.85. The molecule has 0 saturated heterocycles. The zero-order valence-corrected chi connectivity index (χ0v) is 10.5. The van der Waals surface area contributed by atoms with Crippen molar-refractivity contribution < 1.29 is 0 Å². The maximum atomic E-state index is 4.20. The van der Waals surface area contributed by atoms with E-state index >= 15 is 0 Å². The van der Waals surface area contributed by atoms with Gasteiger partial charge < -0.3 is 10.2 Å². The van der Waals surface area contributed by atoms with Crippen LogP contribution in [0.2, 0.25) is 0 Å². The smallest absolute Gasteiger partial charge is 0.227 e. The van der Waals surface area contributed by atoms with Crippen LogP contribution < -0.4 is 10.2 Å². The van der Waals surface area contributed by atoms with Gasteiger partial charge in [0.15, 0.2) is 0 Å². The maximum Gasteiger partial charge on any atom is 0.227 e. The fourth-order valence-corrected chi connectivity index (χ4v) is 1.56. The van der Waals surface area contributed by atoms with E-state index in [0.29, 0.717) is 0 Å². The van der Waals surface area contributed by atoms with Crippen LogP contribution in [0.15, 0.2) is 0 Å². The summed E-state index contributed by atoms with van der Waals surface area (Å²) in [6.45, 7) is 7.20. The second kappa shape index (κ2) is 4.18. The molecular weight excluding hydrogens is 190 g/mol. The first-order valence-corrected chi connectivity index (χ1v) is 5.14. The van der Waals surface area contributed by atoms with E-state index in [1.165, 1.54) is 0 Å². The van der Waals surface area contributed by atoms with E-state index in [2.05, 4.69) is 40.9 Å². The highest BCUT2D eigenvalue weighted by atomic mass is 15.4. The molecule has 0 saturated carbocycles. The van der Waals surface area contributed by atoms with Gasteiger partial charge in [0, 0.05) is 19.6 Å². The topological polar surface area (TPSA) is 46.0 Å². The third-order valence-electron chi connectivity index (χ3n) is 2.12. The van der Waals surface area contributed by atoms with Crippen molar-refractivity contribution in [2.24, 2.45) is 0 Å². The minimum atomic E-state index is -0.00468. The summed E-state index contributed by atoms with van der Waals surface area (Å²) in [7, 11) is 5.88. The Hall–Kier alpha value is -1.10. The molecule has 1 aromatic heterocycles. The molecule has 15 heavy (non-hydrogen) atoms. The summed E-state index contributed by atoms with van der Waals surface area (Å²) in [5, 5.41) is 11.5. The second-order valence-electron chi connectivity index (χ2n) is 4.85. The first-order valence-electron chi connectivity index (χ1n) is 5.14. The molecule has 1 aromatic rings. The minimum absolute atomic E-state index is 0.00468. The van der Waals surface area contributed by atoms with E-state index in [4.69, 9.17) is 0 Å². The third-order valence-corrected chi connectivity index (χ3v) is 2.12. The molecule has 0 atom stereocenters. The van der Waals surface area contributed by atoms with Crippen LogP contribution in [0.25, 0.3) is 0 Å². The summed E-state index contributed by atoms with van der Waals surface area (Å²) < 4.78 is 2.16. The summed E-state index contributed by atoms with van der Waals surface area (Å²) in [5.74, 6) is 1.86. The van der Waals surface area contributed by atoms with Crippen molar-refractivity contribution in [3.8, 4) is 0 Å². The average molecular weight is 211 g/mol. The van der Waals surface area contributed by atoms with Crippen LogP contribution in [0.3, 0.4) is 0 Å². The van der Waals surface area contributed by atoms with Crippen LogP contribution in [-0.4, -0.2) is 35.9 Å². The number of nitrogens with zero attached hydrogens (tertiary/aromatic N) is 4. The van der Waals surface area contributed by atoms with Crippen LogP contribution in [0.5, 0.6) is 0 Å². The lowest BCUT2D eigenvalue weighted by Crippen LogP contribution is -2.29. The lowest BCUT2D eigenvalue weighted by atomic mass is 10.1. The highest BCUT2D eigenvalue weighted by Gasteiger charge is 2.23. The standard InChI is InChI=1S/C10H21N5/c1-10(2,3)15-8(7-11-4)12-13-9(15)14(5)6/h11H,7H2,1-6H3. The van der Waals surface area contributed by atoms with Gasteiger partial charge in [-0.1, -0.05) is 0 Å². The van der Waals surface area contributed by atoms with Crippen molar-refractivity contribution in [1.29, 1.82) is 0 Å². The molecule has 0 aromatic carbocycles. The van der Waals surface area contributed by atoms with Crippen molar-refractivity contribution in [1.82, 2.24) is 20.1 Å². The zero-order valence-electron chi connectivity index (χ0n) is 10.5. The molecule has 0 unspecified atom stereocenters. The first-order chi connectivity index (χ1) is 6.88. The van der Waals surface area contributed by atoms with Crippen molar-refractivity contribution in [3.05, 3.63) is 5.82 Å². The average Bonchev–Trinajstić information content (AvgIpc) is 2.47. The molecule has 0 radical (unpaired) electrons. The van der Waals surface area contributed by atoms with Crippen LogP contribution in [0.4, 0.5) is 5.95 Å². The van der Waals surface area contributed by atoms with Gasteiger partial charge in [0.1, 0.15) is 5.82 Å². The van der Waals surface area contributed by atoms with Crippen LogP contribution in [-0.2, 0) is 12.1 Å². The normalized spacial score (nSPS) is 11.9. The van der Waals surface area contributed by atoms with E-state index in [1.54, 1.807) is 0 Å². The van der Waals surface area contributed by atoms with Gasteiger partial charge in [0.25, 0.3) is 0 Å². The van der Waals surface area contributed by atoms with Gasteiger partial charge in [0.2, 0.25) is 5.95 Å². The Morgan fingerprint density at radius 2 is 1.87 bits per heavy atom. The lowest BCUT2D eigenvalue weighted by Gasteiger charge is -2.26. The fraction of sp³-hybridized carbons (Fsp3) is 0.800. The summed E-state index contributed by atoms with van der Waals surface area (Å²) >= 11 is 0. The predicted molar refractivity (Wildman–Crippen MR) is 62.1 cm³/mol. The molecule has 0 amide bonds. The Morgan fingerprint density at radius 3 is 2.27 bits per heavy atom. The number of rotatable bonds is 3. The number of nitrogens with one attached hydrogen (secondary N) is 1. The molecule has 0 aliphatic rings. The van der Waals surface area contributed by atoms with Gasteiger partial charge >= 0.3 is 0 Å². The summed E-state index contributed by atoms with van der Waals surface area (Å²) in [4.78, 5) is 1.98. The van der Waals surface area contributed by atoms with Gasteiger partial charge in [-0.05, 0) is 27.8 Å². The minimum Gasteiger partial charge on any atom is -0.347 e. The monoisotopic (exact) mass is 211 g/mol. The zero-order chi connectivity index (χ0) is 11.6. The molecule has 1 heterocycles. The van der Waals surface area contributed by atoms with E-state index in [1.807, 2.05) is 26.0 Å².